The molecule has 0 aliphatic heterocycles. The van der Waals surface area contributed by atoms with Gasteiger partial charge in [-0.15, -0.1) is 0 Å². The number of anilines is 1. The Balaban J connectivity index is 2.26. The second-order valence-corrected chi connectivity index (χ2v) is 6.93. The maximum atomic E-state index is 12.2. The number of hydrazone groups is 1. The van der Waals surface area contributed by atoms with Crippen LogP contribution in [0.25, 0.3) is 0 Å². The normalized spacial score (nSPS) is 12.2. The fourth-order valence-electron chi connectivity index (χ4n) is 1.80. The molecule has 0 fully saturated rings. The molecule has 7 heteroatoms. The second kappa shape index (κ2) is 6.37. The zero-order valence-corrected chi connectivity index (χ0v) is 13.7. The van der Waals surface area contributed by atoms with Crippen LogP contribution in [0.5, 0.6) is 0 Å². The number of nitrogens with two attached hydrogens (primary N) is 1. The predicted molar refractivity (Wildman–Crippen MR) is 89.6 cm³/mol. The van der Waals surface area contributed by atoms with E-state index in [0.29, 0.717) is 22.0 Å². The van der Waals surface area contributed by atoms with Gasteiger partial charge in [0.05, 0.1) is 10.6 Å². The van der Waals surface area contributed by atoms with Crippen LogP contribution in [0.3, 0.4) is 0 Å². The highest BCUT2D eigenvalue weighted by molar-refractivity contribution is 7.89. The largest absolute Gasteiger partial charge is 0.398 e. The van der Waals surface area contributed by atoms with Crippen molar-refractivity contribution in [3.05, 3.63) is 58.6 Å². The number of hydrogen-bond acceptors (Lipinski definition) is 4. The van der Waals surface area contributed by atoms with E-state index in [-0.39, 0.29) is 4.90 Å². The first kappa shape index (κ1) is 16.3. The van der Waals surface area contributed by atoms with Crippen molar-refractivity contribution in [2.24, 2.45) is 5.10 Å². The molecule has 0 amide bonds. The van der Waals surface area contributed by atoms with Crippen LogP contribution >= 0.6 is 11.6 Å². The van der Waals surface area contributed by atoms with Crippen molar-refractivity contribution in [1.82, 2.24) is 4.83 Å². The second-order valence-electron chi connectivity index (χ2n) is 4.84. The molecular formula is C15H16ClN3O2S. The molecule has 0 aliphatic carbocycles. The molecule has 0 unspecified atom stereocenters. The van der Waals surface area contributed by atoms with Crippen LogP contribution in [0, 0.1) is 6.92 Å². The smallest absolute Gasteiger partial charge is 0.276 e. The standard InChI is InChI=1S/C15H16ClN3O2S/c1-10-3-6-13(7-4-10)22(20,21)19-18-11(2)14-9-12(16)5-8-15(14)17/h3-9,19H,17H2,1-2H3. The Kier molecular flexibility index (Phi) is 4.73. The van der Waals surface area contributed by atoms with E-state index >= 15 is 0 Å². The van der Waals surface area contributed by atoms with E-state index in [4.69, 9.17) is 17.3 Å². The predicted octanol–water partition coefficient (Wildman–Crippen LogP) is 2.93. The SMILES string of the molecule is CC(=NNS(=O)(=O)c1ccc(C)cc1)c1cc(Cl)ccc1N. The number of benzene rings is 2. The maximum Gasteiger partial charge on any atom is 0.276 e. The molecule has 22 heavy (non-hydrogen) atoms. The number of nitrogens with zero attached hydrogens (tertiary/aromatic N) is 1. The fraction of sp³-hybridized carbons (Fsp3) is 0.133. The summed E-state index contributed by atoms with van der Waals surface area (Å²) in [6, 6.07) is 11.4. The lowest BCUT2D eigenvalue weighted by Crippen LogP contribution is -2.20. The van der Waals surface area contributed by atoms with Crippen molar-refractivity contribution in [3.63, 3.8) is 0 Å². The van der Waals surface area contributed by atoms with Crippen LogP contribution in [-0.2, 0) is 10.0 Å². The maximum absolute atomic E-state index is 12.2. The summed E-state index contributed by atoms with van der Waals surface area (Å²) in [5.74, 6) is 0. The topological polar surface area (TPSA) is 84.5 Å². The van der Waals surface area contributed by atoms with Crippen molar-refractivity contribution >= 4 is 33.0 Å². The molecule has 3 N–H and O–H groups in total. The lowest BCUT2D eigenvalue weighted by molar-refractivity contribution is 0.584. The van der Waals surface area contributed by atoms with Gasteiger partial charge in [0.25, 0.3) is 10.0 Å². The minimum atomic E-state index is -3.71. The minimum absolute atomic E-state index is 0.147. The van der Waals surface area contributed by atoms with Crippen molar-refractivity contribution in [1.29, 1.82) is 0 Å². The van der Waals surface area contributed by atoms with Gasteiger partial charge in [-0.3, -0.25) is 0 Å². The molecule has 0 aliphatic rings. The third-order valence-electron chi connectivity index (χ3n) is 3.07. The van der Waals surface area contributed by atoms with E-state index in [1.807, 2.05) is 6.92 Å². The van der Waals surface area contributed by atoms with Crippen molar-refractivity contribution < 1.29 is 8.42 Å². The zero-order chi connectivity index (χ0) is 16.3. The summed E-state index contributed by atoms with van der Waals surface area (Å²) in [5, 5.41) is 4.41. The molecular weight excluding hydrogens is 322 g/mol. The van der Waals surface area contributed by atoms with Crippen molar-refractivity contribution in [2.75, 3.05) is 5.73 Å². The lowest BCUT2D eigenvalue weighted by Gasteiger charge is -2.08. The average Bonchev–Trinajstić information content (AvgIpc) is 2.48. The minimum Gasteiger partial charge on any atom is -0.398 e. The van der Waals surface area contributed by atoms with Gasteiger partial charge in [-0.2, -0.15) is 18.4 Å². The molecule has 0 saturated heterocycles. The number of rotatable bonds is 4. The summed E-state index contributed by atoms with van der Waals surface area (Å²) in [6.07, 6.45) is 0. The summed E-state index contributed by atoms with van der Waals surface area (Å²) >= 11 is 5.91. The summed E-state index contributed by atoms with van der Waals surface area (Å²) in [4.78, 5) is 2.35. The molecule has 2 rings (SSSR count). The molecule has 0 radical (unpaired) electrons. The number of halogens is 1. The average molecular weight is 338 g/mol. The molecule has 2 aromatic rings. The van der Waals surface area contributed by atoms with Gasteiger partial charge in [-0.1, -0.05) is 29.3 Å². The Morgan fingerprint density at radius 3 is 2.45 bits per heavy atom. The quantitative estimate of drug-likeness (QED) is 0.511. The summed E-state index contributed by atoms with van der Waals surface area (Å²) in [5.41, 5.74) is 8.30. The first-order valence-corrected chi connectivity index (χ1v) is 8.34. The van der Waals surface area contributed by atoms with Gasteiger partial charge < -0.3 is 5.73 Å². The van der Waals surface area contributed by atoms with Crippen molar-refractivity contribution in [3.8, 4) is 0 Å². The first-order valence-electron chi connectivity index (χ1n) is 6.48. The number of nitrogens with one attached hydrogen (secondary N) is 1. The number of sulfonamides is 1. The van der Waals surface area contributed by atoms with Gasteiger partial charge in [0.15, 0.2) is 0 Å². The van der Waals surface area contributed by atoms with Gasteiger partial charge in [-0.25, -0.2) is 0 Å². The Morgan fingerprint density at radius 1 is 1.18 bits per heavy atom. The number of hydrogen-bond donors (Lipinski definition) is 2. The first-order chi connectivity index (χ1) is 10.3. The Labute approximate surface area is 134 Å². The van der Waals surface area contributed by atoms with Gasteiger partial charge in [0, 0.05) is 16.3 Å². The molecule has 116 valence electrons. The van der Waals surface area contributed by atoms with E-state index in [1.54, 1.807) is 37.3 Å². The summed E-state index contributed by atoms with van der Waals surface area (Å²) in [7, 11) is -3.71. The lowest BCUT2D eigenvalue weighted by atomic mass is 10.1. The zero-order valence-electron chi connectivity index (χ0n) is 12.2. The number of nitrogen functional groups attached to an aromatic ring is 1. The van der Waals surface area contributed by atoms with E-state index in [2.05, 4.69) is 9.93 Å². The highest BCUT2D eigenvalue weighted by Crippen LogP contribution is 2.19. The van der Waals surface area contributed by atoms with E-state index in [1.165, 1.54) is 12.1 Å². The van der Waals surface area contributed by atoms with Crippen LogP contribution < -0.4 is 10.6 Å². The molecule has 0 atom stereocenters. The molecule has 0 saturated carbocycles. The van der Waals surface area contributed by atoms with Gasteiger partial charge in [0.1, 0.15) is 0 Å². The van der Waals surface area contributed by atoms with E-state index in [9.17, 15) is 8.42 Å². The van der Waals surface area contributed by atoms with Crippen LogP contribution in [0.15, 0.2) is 52.5 Å². The highest BCUT2D eigenvalue weighted by Gasteiger charge is 2.13. The van der Waals surface area contributed by atoms with E-state index < -0.39 is 10.0 Å². The third-order valence-corrected chi connectivity index (χ3v) is 4.53. The fourth-order valence-corrected chi connectivity index (χ4v) is 2.83. The third kappa shape index (κ3) is 3.78. The summed E-state index contributed by atoms with van der Waals surface area (Å²) < 4.78 is 24.3. The van der Waals surface area contributed by atoms with Gasteiger partial charge in [-0.05, 0) is 44.2 Å². The Bertz CT molecular complexity index is 815. The van der Waals surface area contributed by atoms with Crippen LogP contribution in [-0.4, -0.2) is 14.1 Å². The molecule has 0 heterocycles. The van der Waals surface area contributed by atoms with Gasteiger partial charge in [0.2, 0.25) is 0 Å². The van der Waals surface area contributed by atoms with Gasteiger partial charge >= 0.3 is 0 Å². The molecule has 0 spiro atoms. The highest BCUT2D eigenvalue weighted by atomic mass is 35.5. The van der Waals surface area contributed by atoms with Crippen molar-refractivity contribution in [2.45, 2.75) is 18.7 Å². The molecule has 5 nitrogen and oxygen atoms in total. The van der Waals surface area contributed by atoms with Crippen LogP contribution in [0.4, 0.5) is 5.69 Å². The number of aryl methyl sites for hydroxylation is 1. The van der Waals surface area contributed by atoms with E-state index in [0.717, 1.165) is 5.56 Å². The Hall–Kier alpha value is -2.05. The monoisotopic (exact) mass is 337 g/mol. The molecule has 2 aromatic carbocycles. The molecule has 0 aromatic heterocycles. The van der Waals surface area contributed by atoms with Crippen LogP contribution in [0.2, 0.25) is 5.02 Å². The Morgan fingerprint density at radius 2 is 1.82 bits per heavy atom. The molecule has 0 bridgehead atoms. The van der Waals surface area contributed by atoms with Crippen LogP contribution in [0.1, 0.15) is 18.1 Å². The summed E-state index contributed by atoms with van der Waals surface area (Å²) in [6.45, 7) is 3.54.